The fourth-order valence-corrected chi connectivity index (χ4v) is 2.61. The zero-order valence-electron chi connectivity index (χ0n) is 12.0. The molecule has 0 aliphatic carbocycles. The third-order valence-electron chi connectivity index (χ3n) is 3.74. The van der Waals surface area contributed by atoms with Crippen molar-refractivity contribution in [2.75, 3.05) is 31.2 Å². The first kappa shape index (κ1) is 14.4. The van der Waals surface area contributed by atoms with Gasteiger partial charge in [-0.3, -0.25) is 0 Å². The van der Waals surface area contributed by atoms with Gasteiger partial charge in [-0.15, -0.1) is 0 Å². The van der Waals surface area contributed by atoms with Gasteiger partial charge in [-0.25, -0.2) is 0 Å². The lowest BCUT2D eigenvalue weighted by atomic mass is 9.99. The molecular formula is C16H26N2O. The molecule has 0 aromatic heterocycles. The van der Waals surface area contributed by atoms with E-state index in [0.29, 0.717) is 6.54 Å². The first-order chi connectivity index (χ1) is 9.35. The number of hydrogen-bond donors (Lipinski definition) is 1. The van der Waals surface area contributed by atoms with Gasteiger partial charge in [-0.2, -0.15) is 0 Å². The highest BCUT2D eigenvalue weighted by Gasteiger charge is 2.16. The van der Waals surface area contributed by atoms with Gasteiger partial charge in [0.05, 0.1) is 6.61 Å². The Bertz CT molecular complexity index is 392. The minimum absolute atomic E-state index is 0.632. The van der Waals surface area contributed by atoms with Gasteiger partial charge >= 0.3 is 0 Å². The van der Waals surface area contributed by atoms with Crippen molar-refractivity contribution in [3.8, 4) is 0 Å². The van der Waals surface area contributed by atoms with Gasteiger partial charge in [0.15, 0.2) is 0 Å². The van der Waals surface area contributed by atoms with Crippen molar-refractivity contribution in [3.63, 3.8) is 0 Å². The van der Waals surface area contributed by atoms with Crippen LogP contribution in [0.5, 0.6) is 0 Å². The van der Waals surface area contributed by atoms with Gasteiger partial charge in [0.2, 0.25) is 0 Å². The van der Waals surface area contributed by atoms with Gasteiger partial charge in [0.25, 0.3) is 0 Å². The summed E-state index contributed by atoms with van der Waals surface area (Å²) >= 11 is 0. The lowest BCUT2D eigenvalue weighted by molar-refractivity contribution is 0.137. The Kier molecular flexibility index (Phi) is 5.67. The Morgan fingerprint density at radius 1 is 1.32 bits per heavy atom. The number of benzene rings is 1. The Morgan fingerprint density at radius 3 is 3.00 bits per heavy atom. The van der Waals surface area contributed by atoms with Crippen LogP contribution in [0.4, 0.5) is 5.69 Å². The van der Waals surface area contributed by atoms with E-state index >= 15 is 0 Å². The Balaban J connectivity index is 1.90. The second-order valence-electron chi connectivity index (χ2n) is 5.22. The van der Waals surface area contributed by atoms with Crippen LogP contribution in [0.2, 0.25) is 0 Å². The fraction of sp³-hybridized carbons (Fsp3) is 0.625. The maximum atomic E-state index is 5.71. The van der Waals surface area contributed by atoms with Crippen LogP contribution in [-0.2, 0) is 17.7 Å². The van der Waals surface area contributed by atoms with Crippen molar-refractivity contribution in [1.82, 2.24) is 0 Å². The third kappa shape index (κ3) is 3.95. The zero-order valence-corrected chi connectivity index (χ0v) is 12.0. The molecule has 19 heavy (non-hydrogen) atoms. The molecule has 0 amide bonds. The summed E-state index contributed by atoms with van der Waals surface area (Å²) in [5, 5.41) is 0. The summed E-state index contributed by atoms with van der Waals surface area (Å²) in [6.45, 7) is 6.69. The Hall–Kier alpha value is -1.06. The van der Waals surface area contributed by atoms with Gasteiger partial charge < -0.3 is 15.4 Å². The monoisotopic (exact) mass is 262 g/mol. The molecule has 0 atom stereocenters. The number of nitrogens with two attached hydrogens (primary N) is 1. The van der Waals surface area contributed by atoms with Gasteiger partial charge in [-0.1, -0.05) is 25.5 Å². The van der Waals surface area contributed by atoms with Crippen LogP contribution in [0, 0.1) is 0 Å². The number of hydrogen-bond acceptors (Lipinski definition) is 3. The van der Waals surface area contributed by atoms with Crippen LogP contribution in [0.1, 0.15) is 37.3 Å². The summed E-state index contributed by atoms with van der Waals surface area (Å²) < 4.78 is 5.68. The molecule has 0 saturated carbocycles. The van der Waals surface area contributed by atoms with E-state index in [4.69, 9.17) is 10.5 Å². The van der Waals surface area contributed by atoms with Gasteiger partial charge in [0, 0.05) is 31.9 Å². The number of rotatable bonds is 7. The Labute approximate surface area is 116 Å². The topological polar surface area (TPSA) is 38.5 Å². The Morgan fingerprint density at radius 2 is 2.21 bits per heavy atom. The minimum atomic E-state index is 0.632. The third-order valence-corrected chi connectivity index (χ3v) is 3.74. The number of ether oxygens (including phenoxy) is 1. The summed E-state index contributed by atoms with van der Waals surface area (Å²) in [6, 6.07) is 6.64. The highest BCUT2D eigenvalue weighted by molar-refractivity contribution is 5.56. The maximum absolute atomic E-state index is 5.71. The molecule has 0 bridgehead atoms. The summed E-state index contributed by atoms with van der Waals surface area (Å²) in [7, 11) is 0. The highest BCUT2D eigenvalue weighted by atomic mass is 16.5. The quantitative estimate of drug-likeness (QED) is 0.768. The standard InChI is InChI=1S/C16H26N2O/c1-2-3-10-19-11-9-18-8-4-5-15-12-14(13-17)6-7-16(15)18/h6-7,12H,2-5,8-11,13,17H2,1H3. The average Bonchev–Trinajstić information content (AvgIpc) is 2.46. The number of unbranched alkanes of at least 4 members (excludes halogenated alkanes) is 1. The van der Waals surface area contributed by atoms with Crippen molar-refractivity contribution in [2.45, 2.75) is 39.2 Å². The lowest BCUT2D eigenvalue weighted by Crippen LogP contribution is -2.32. The molecule has 0 unspecified atom stereocenters. The molecule has 0 saturated heterocycles. The first-order valence-corrected chi connectivity index (χ1v) is 7.49. The fourth-order valence-electron chi connectivity index (χ4n) is 2.61. The smallest absolute Gasteiger partial charge is 0.0641 e. The van der Waals surface area contributed by atoms with Crippen LogP contribution in [0.3, 0.4) is 0 Å². The summed E-state index contributed by atoms with van der Waals surface area (Å²) in [4.78, 5) is 2.45. The number of fused-ring (bicyclic) bond motifs is 1. The molecule has 3 heteroatoms. The molecule has 0 radical (unpaired) electrons. The van der Waals surface area contributed by atoms with E-state index in [9.17, 15) is 0 Å². The second-order valence-corrected chi connectivity index (χ2v) is 5.22. The van der Waals surface area contributed by atoms with Crippen molar-refractivity contribution >= 4 is 5.69 Å². The number of nitrogens with zero attached hydrogens (tertiary/aromatic N) is 1. The van der Waals surface area contributed by atoms with Crippen molar-refractivity contribution in [3.05, 3.63) is 29.3 Å². The van der Waals surface area contributed by atoms with Crippen LogP contribution in [-0.4, -0.2) is 26.3 Å². The summed E-state index contributed by atoms with van der Waals surface area (Å²) in [5.74, 6) is 0. The van der Waals surface area contributed by atoms with E-state index in [1.807, 2.05) is 0 Å². The van der Waals surface area contributed by atoms with E-state index < -0.39 is 0 Å². The SMILES string of the molecule is CCCCOCCN1CCCc2cc(CN)ccc21. The molecule has 1 aliphatic heterocycles. The molecule has 0 fully saturated rings. The van der Waals surface area contributed by atoms with Crippen LogP contribution in [0.25, 0.3) is 0 Å². The zero-order chi connectivity index (χ0) is 13.5. The molecule has 2 N–H and O–H groups in total. The molecule has 106 valence electrons. The lowest BCUT2D eigenvalue weighted by Gasteiger charge is -2.31. The number of aryl methyl sites for hydroxylation is 1. The molecule has 1 aromatic rings. The average molecular weight is 262 g/mol. The minimum Gasteiger partial charge on any atom is -0.380 e. The largest absolute Gasteiger partial charge is 0.380 e. The molecule has 3 nitrogen and oxygen atoms in total. The number of anilines is 1. The van der Waals surface area contributed by atoms with Crippen LogP contribution >= 0.6 is 0 Å². The molecule has 1 aliphatic rings. The normalized spacial score (nSPS) is 14.5. The maximum Gasteiger partial charge on any atom is 0.0641 e. The van der Waals surface area contributed by atoms with E-state index in [0.717, 1.165) is 32.7 Å². The van der Waals surface area contributed by atoms with Crippen molar-refractivity contribution in [2.24, 2.45) is 5.73 Å². The predicted octanol–water partition coefficient (Wildman–Crippen LogP) is 2.71. The van der Waals surface area contributed by atoms with Crippen LogP contribution < -0.4 is 10.6 Å². The van der Waals surface area contributed by atoms with Gasteiger partial charge in [0.1, 0.15) is 0 Å². The highest BCUT2D eigenvalue weighted by Crippen LogP contribution is 2.27. The molecule has 0 spiro atoms. The van der Waals surface area contributed by atoms with Crippen molar-refractivity contribution in [1.29, 1.82) is 0 Å². The molecule has 2 rings (SSSR count). The van der Waals surface area contributed by atoms with Crippen LogP contribution in [0.15, 0.2) is 18.2 Å². The van der Waals surface area contributed by atoms with E-state index in [2.05, 4.69) is 30.0 Å². The second kappa shape index (κ2) is 7.51. The summed E-state index contributed by atoms with van der Waals surface area (Å²) in [5.41, 5.74) is 9.77. The molecule has 1 aromatic carbocycles. The molecule has 1 heterocycles. The van der Waals surface area contributed by atoms with Gasteiger partial charge in [-0.05, 0) is 36.5 Å². The first-order valence-electron chi connectivity index (χ1n) is 7.49. The molecular weight excluding hydrogens is 236 g/mol. The van der Waals surface area contributed by atoms with E-state index in [-0.39, 0.29) is 0 Å². The predicted molar refractivity (Wildman–Crippen MR) is 80.6 cm³/mol. The van der Waals surface area contributed by atoms with E-state index in [1.165, 1.54) is 36.1 Å². The summed E-state index contributed by atoms with van der Waals surface area (Å²) in [6.07, 6.45) is 4.78. The van der Waals surface area contributed by atoms with E-state index in [1.54, 1.807) is 0 Å². The van der Waals surface area contributed by atoms with Crippen molar-refractivity contribution < 1.29 is 4.74 Å².